The summed E-state index contributed by atoms with van der Waals surface area (Å²) in [5.41, 5.74) is 0.542. The van der Waals surface area contributed by atoms with Gasteiger partial charge in [-0.15, -0.1) is 0 Å². The molecule has 104 valence electrons. The van der Waals surface area contributed by atoms with Crippen LogP contribution in [0, 0.1) is 5.41 Å². The van der Waals surface area contributed by atoms with Crippen LogP contribution in [0.1, 0.15) is 86.0 Å². The second-order valence-corrected chi connectivity index (χ2v) is 5.83. The van der Waals surface area contributed by atoms with Crippen LogP contribution in [-0.4, -0.2) is 11.1 Å². The molecule has 0 fully saturated rings. The first kappa shape index (κ1) is 18.8. The van der Waals surface area contributed by atoms with Crippen molar-refractivity contribution < 1.29 is 9.90 Å². The Labute approximate surface area is 108 Å². The standard InChI is InChI=1S/C9H18O2.C6H14/c1-2-3-4-5-6-7-8-9(10)11;1-5-6(2,3)4/h2-8H2,1H3,(H,10,11);5H2,1-4H3. The minimum Gasteiger partial charge on any atom is -0.481 e. The van der Waals surface area contributed by atoms with E-state index in [-0.39, 0.29) is 0 Å². The summed E-state index contributed by atoms with van der Waals surface area (Å²) in [6.07, 6.45) is 8.52. The Bertz CT molecular complexity index is 168. The zero-order valence-electron chi connectivity index (χ0n) is 12.5. The third kappa shape index (κ3) is 25.6. The molecule has 0 aromatic carbocycles. The highest BCUT2D eigenvalue weighted by molar-refractivity contribution is 5.66. The fourth-order valence-electron chi connectivity index (χ4n) is 1.06. The van der Waals surface area contributed by atoms with Crippen molar-refractivity contribution in [1.29, 1.82) is 0 Å². The van der Waals surface area contributed by atoms with Crippen molar-refractivity contribution in [2.45, 2.75) is 86.0 Å². The molecule has 0 aliphatic carbocycles. The molecule has 0 atom stereocenters. The number of carboxylic acid groups (broad SMARTS) is 1. The van der Waals surface area contributed by atoms with Gasteiger partial charge in [0, 0.05) is 6.42 Å². The molecule has 0 aromatic heterocycles. The molecule has 0 heterocycles. The number of carbonyl (C=O) groups is 1. The molecule has 2 heteroatoms. The van der Waals surface area contributed by atoms with Gasteiger partial charge in [-0.2, -0.15) is 0 Å². The van der Waals surface area contributed by atoms with E-state index in [0.717, 1.165) is 12.8 Å². The van der Waals surface area contributed by atoms with E-state index in [2.05, 4.69) is 34.6 Å². The van der Waals surface area contributed by atoms with E-state index >= 15 is 0 Å². The normalized spacial score (nSPS) is 10.6. The lowest BCUT2D eigenvalue weighted by molar-refractivity contribution is -0.137. The number of rotatable bonds is 7. The SMILES string of the molecule is CCC(C)(C)C.CCCCCCCCC(=O)O. The first-order valence-electron chi connectivity index (χ1n) is 7.05. The smallest absolute Gasteiger partial charge is 0.303 e. The lowest BCUT2D eigenvalue weighted by Crippen LogP contribution is -2.00. The van der Waals surface area contributed by atoms with E-state index in [1.165, 1.54) is 32.1 Å². The van der Waals surface area contributed by atoms with Crippen LogP contribution >= 0.6 is 0 Å². The van der Waals surface area contributed by atoms with E-state index in [1.54, 1.807) is 0 Å². The molecule has 0 saturated carbocycles. The summed E-state index contributed by atoms with van der Waals surface area (Å²) in [6.45, 7) is 11.1. The number of hydrogen-bond donors (Lipinski definition) is 1. The number of aliphatic carboxylic acids is 1. The van der Waals surface area contributed by atoms with Gasteiger partial charge in [0.2, 0.25) is 0 Å². The molecule has 17 heavy (non-hydrogen) atoms. The number of unbranched alkanes of at least 4 members (excludes halogenated alkanes) is 5. The van der Waals surface area contributed by atoms with Crippen LogP contribution < -0.4 is 0 Å². The van der Waals surface area contributed by atoms with Crippen molar-refractivity contribution in [1.82, 2.24) is 0 Å². The predicted molar refractivity (Wildman–Crippen MR) is 75.4 cm³/mol. The molecular weight excluding hydrogens is 212 g/mol. The average Bonchev–Trinajstić information content (AvgIpc) is 2.23. The zero-order valence-corrected chi connectivity index (χ0v) is 12.5. The third-order valence-corrected chi connectivity index (χ3v) is 2.80. The Morgan fingerprint density at radius 1 is 0.941 bits per heavy atom. The summed E-state index contributed by atoms with van der Waals surface area (Å²) in [4.78, 5) is 10.1. The first-order valence-corrected chi connectivity index (χ1v) is 7.05. The molecule has 0 saturated heterocycles. The maximum atomic E-state index is 10.1. The lowest BCUT2D eigenvalue weighted by Gasteiger charge is -2.12. The van der Waals surface area contributed by atoms with Gasteiger partial charge in [-0.05, 0) is 11.8 Å². The molecule has 0 aliphatic rings. The molecule has 0 aliphatic heterocycles. The Balaban J connectivity index is 0. The van der Waals surface area contributed by atoms with Crippen molar-refractivity contribution in [3.8, 4) is 0 Å². The molecule has 0 bridgehead atoms. The Hall–Kier alpha value is -0.530. The average molecular weight is 244 g/mol. The maximum Gasteiger partial charge on any atom is 0.303 e. The fraction of sp³-hybridized carbons (Fsp3) is 0.933. The highest BCUT2D eigenvalue weighted by Crippen LogP contribution is 2.16. The molecule has 1 N–H and O–H groups in total. The van der Waals surface area contributed by atoms with E-state index in [9.17, 15) is 4.79 Å². The largest absolute Gasteiger partial charge is 0.481 e. The van der Waals surface area contributed by atoms with Crippen molar-refractivity contribution in [2.75, 3.05) is 0 Å². The second kappa shape index (κ2) is 11.9. The second-order valence-electron chi connectivity index (χ2n) is 5.83. The van der Waals surface area contributed by atoms with E-state index in [0.29, 0.717) is 11.8 Å². The van der Waals surface area contributed by atoms with Crippen molar-refractivity contribution in [2.24, 2.45) is 5.41 Å². The molecule has 0 rings (SSSR count). The molecule has 0 aromatic rings. The molecule has 2 nitrogen and oxygen atoms in total. The van der Waals surface area contributed by atoms with Gasteiger partial charge < -0.3 is 5.11 Å². The summed E-state index contributed by atoms with van der Waals surface area (Å²) in [7, 11) is 0. The highest BCUT2D eigenvalue weighted by Gasteiger charge is 2.03. The Morgan fingerprint density at radius 2 is 1.35 bits per heavy atom. The van der Waals surface area contributed by atoms with E-state index in [4.69, 9.17) is 5.11 Å². The minimum absolute atomic E-state index is 0.339. The van der Waals surface area contributed by atoms with Gasteiger partial charge in [-0.25, -0.2) is 0 Å². The summed E-state index contributed by atoms with van der Waals surface area (Å²) in [5, 5.41) is 8.32. The van der Waals surface area contributed by atoms with E-state index in [1.807, 2.05) is 0 Å². The third-order valence-electron chi connectivity index (χ3n) is 2.80. The van der Waals surface area contributed by atoms with Crippen LogP contribution in [0.15, 0.2) is 0 Å². The van der Waals surface area contributed by atoms with Crippen LogP contribution in [-0.2, 0) is 4.79 Å². The fourth-order valence-corrected chi connectivity index (χ4v) is 1.06. The van der Waals surface area contributed by atoms with Gasteiger partial charge in [0.15, 0.2) is 0 Å². The molecule has 0 unspecified atom stereocenters. The molecule has 0 spiro atoms. The Kier molecular flexibility index (Phi) is 13.2. The molecular formula is C15H32O2. The lowest BCUT2D eigenvalue weighted by atomic mass is 9.94. The summed E-state index contributed by atoms with van der Waals surface area (Å²) in [5.74, 6) is -0.666. The van der Waals surface area contributed by atoms with Crippen LogP contribution in [0.2, 0.25) is 0 Å². The molecule has 0 radical (unpaired) electrons. The van der Waals surface area contributed by atoms with Crippen molar-refractivity contribution >= 4 is 5.97 Å². The van der Waals surface area contributed by atoms with Crippen molar-refractivity contribution in [3.05, 3.63) is 0 Å². The van der Waals surface area contributed by atoms with Gasteiger partial charge in [0.05, 0.1) is 0 Å². The van der Waals surface area contributed by atoms with Crippen LogP contribution in [0.5, 0.6) is 0 Å². The van der Waals surface area contributed by atoms with Gasteiger partial charge >= 0.3 is 5.97 Å². The summed E-state index contributed by atoms with van der Waals surface area (Å²) >= 11 is 0. The van der Waals surface area contributed by atoms with Crippen LogP contribution in [0.4, 0.5) is 0 Å². The van der Waals surface area contributed by atoms with E-state index < -0.39 is 5.97 Å². The quantitative estimate of drug-likeness (QED) is 0.620. The minimum atomic E-state index is -0.666. The van der Waals surface area contributed by atoms with Crippen LogP contribution in [0.3, 0.4) is 0 Å². The summed E-state index contributed by atoms with van der Waals surface area (Å²) < 4.78 is 0. The molecule has 0 amide bonds. The zero-order chi connectivity index (χ0) is 13.7. The topological polar surface area (TPSA) is 37.3 Å². The highest BCUT2D eigenvalue weighted by atomic mass is 16.4. The van der Waals surface area contributed by atoms with Gasteiger partial charge in [-0.1, -0.05) is 73.1 Å². The predicted octanol–water partition coefficient (Wildman–Crippen LogP) is 5.26. The van der Waals surface area contributed by atoms with Gasteiger partial charge in [-0.3, -0.25) is 4.79 Å². The van der Waals surface area contributed by atoms with Gasteiger partial charge in [0.25, 0.3) is 0 Å². The summed E-state index contributed by atoms with van der Waals surface area (Å²) in [6, 6.07) is 0. The Morgan fingerprint density at radius 3 is 1.71 bits per heavy atom. The van der Waals surface area contributed by atoms with Crippen LogP contribution in [0.25, 0.3) is 0 Å². The maximum absolute atomic E-state index is 10.1. The first-order chi connectivity index (χ1) is 7.83. The van der Waals surface area contributed by atoms with Gasteiger partial charge in [0.1, 0.15) is 0 Å². The number of carboxylic acids is 1. The monoisotopic (exact) mass is 244 g/mol. The van der Waals surface area contributed by atoms with Crippen molar-refractivity contribution in [3.63, 3.8) is 0 Å². The number of hydrogen-bond acceptors (Lipinski definition) is 1.